The normalized spacial score (nSPS) is 12.6. The second kappa shape index (κ2) is 8.20. The van der Waals surface area contributed by atoms with Crippen LogP contribution in [0.3, 0.4) is 0 Å². The van der Waals surface area contributed by atoms with Gasteiger partial charge < -0.3 is 10.4 Å². The van der Waals surface area contributed by atoms with Gasteiger partial charge in [0.1, 0.15) is 0 Å². The van der Waals surface area contributed by atoms with Crippen molar-refractivity contribution in [3.05, 3.63) is 39.9 Å². The van der Waals surface area contributed by atoms with Crippen LogP contribution in [0.5, 0.6) is 0 Å². The van der Waals surface area contributed by atoms with Crippen molar-refractivity contribution >= 4 is 35.2 Å². The van der Waals surface area contributed by atoms with Crippen LogP contribution < -0.4 is 5.32 Å². The molecule has 5 heteroatoms. The number of halogens is 2. The highest BCUT2D eigenvalue weighted by molar-refractivity contribution is 6.37. The molecule has 19 heavy (non-hydrogen) atoms. The summed E-state index contributed by atoms with van der Waals surface area (Å²) in [6, 6.07) is 5.20. The Hall–Kier alpha value is -1.03. The van der Waals surface area contributed by atoms with E-state index >= 15 is 0 Å². The van der Waals surface area contributed by atoms with Crippen LogP contribution >= 0.6 is 23.2 Å². The summed E-state index contributed by atoms with van der Waals surface area (Å²) in [7, 11) is 0. The first-order valence-corrected chi connectivity index (χ1v) is 6.83. The molecule has 1 atom stereocenters. The molecule has 1 aromatic carbocycles. The number of benzene rings is 1. The number of aliphatic hydroxyl groups is 1. The molecule has 0 radical (unpaired) electrons. The minimum Gasteiger partial charge on any atom is -0.396 e. The Morgan fingerprint density at radius 2 is 2.05 bits per heavy atom. The molecule has 0 aliphatic carbocycles. The Morgan fingerprint density at radius 1 is 1.42 bits per heavy atom. The van der Waals surface area contributed by atoms with E-state index in [1.807, 2.05) is 6.92 Å². The average molecular weight is 302 g/mol. The van der Waals surface area contributed by atoms with Gasteiger partial charge in [0.15, 0.2) is 0 Å². The SMILES string of the molecule is CC(CCCO)NC(=O)/C=C/c1c(Cl)cccc1Cl. The fourth-order valence-electron chi connectivity index (χ4n) is 1.59. The first-order chi connectivity index (χ1) is 9.04. The van der Waals surface area contributed by atoms with E-state index in [9.17, 15) is 4.79 Å². The van der Waals surface area contributed by atoms with Gasteiger partial charge in [0.2, 0.25) is 5.91 Å². The Morgan fingerprint density at radius 3 is 2.63 bits per heavy atom. The Labute approximate surface area is 123 Å². The molecule has 0 spiro atoms. The zero-order valence-corrected chi connectivity index (χ0v) is 12.2. The number of hydrogen-bond donors (Lipinski definition) is 2. The van der Waals surface area contributed by atoms with Gasteiger partial charge >= 0.3 is 0 Å². The Bertz CT molecular complexity index is 441. The summed E-state index contributed by atoms with van der Waals surface area (Å²) in [4.78, 5) is 11.7. The van der Waals surface area contributed by atoms with Gasteiger partial charge in [0.25, 0.3) is 0 Å². The highest BCUT2D eigenvalue weighted by atomic mass is 35.5. The number of nitrogens with one attached hydrogen (secondary N) is 1. The predicted octanol–water partition coefficient (Wildman–Crippen LogP) is 3.28. The lowest BCUT2D eigenvalue weighted by Crippen LogP contribution is -2.31. The largest absolute Gasteiger partial charge is 0.396 e. The molecular formula is C14H17Cl2NO2. The Kier molecular flexibility index (Phi) is 6.92. The van der Waals surface area contributed by atoms with E-state index in [-0.39, 0.29) is 18.6 Å². The first kappa shape index (κ1) is 16.0. The summed E-state index contributed by atoms with van der Waals surface area (Å²) in [6.07, 6.45) is 4.41. The molecule has 0 saturated carbocycles. The number of aliphatic hydroxyl groups excluding tert-OH is 1. The van der Waals surface area contributed by atoms with E-state index in [0.29, 0.717) is 22.0 Å². The first-order valence-electron chi connectivity index (χ1n) is 6.08. The van der Waals surface area contributed by atoms with E-state index in [0.717, 1.165) is 6.42 Å². The van der Waals surface area contributed by atoms with Crippen LogP contribution in [0.25, 0.3) is 6.08 Å². The molecule has 0 fully saturated rings. The zero-order valence-electron chi connectivity index (χ0n) is 10.7. The molecule has 2 N–H and O–H groups in total. The van der Waals surface area contributed by atoms with Gasteiger partial charge in [-0.05, 0) is 38.0 Å². The number of rotatable bonds is 6. The third kappa shape index (κ3) is 5.64. The van der Waals surface area contributed by atoms with Crippen LogP contribution in [0.1, 0.15) is 25.3 Å². The summed E-state index contributed by atoms with van der Waals surface area (Å²) >= 11 is 12.0. The molecular weight excluding hydrogens is 285 g/mol. The number of carbonyl (C=O) groups is 1. The van der Waals surface area contributed by atoms with Gasteiger partial charge in [-0.1, -0.05) is 29.3 Å². The second-order valence-electron chi connectivity index (χ2n) is 4.24. The van der Waals surface area contributed by atoms with Crippen molar-refractivity contribution in [1.82, 2.24) is 5.32 Å². The molecule has 0 saturated heterocycles. The van der Waals surface area contributed by atoms with Crippen LogP contribution in [0.15, 0.2) is 24.3 Å². The third-order valence-corrected chi connectivity index (χ3v) is 3.24. The molecule has 104 valence electrons. The van der Waals surface area contributed by atoms with Gasteiger partial charge in [-0.25, -0.2) is 0 Å². The van der Waals surface area contributed by atoms with E-state index < -0.39 is 0 Å². The van der Waals surface area contributed by atoms with Gasteiger partial charge in [-0.2, -0.15) is 0 Å². The fraction of sp³-hybridized carbons (Fsp3) is 0.357. The van der Waals surface area contributed by atoms with Crippen LogP contribution in [0, 0.1) is 0 Å². The lowest BCUT2D eigenvalue weighted by Gasteiger charge is -2.11. The topological polar surface area (TPSA) is 49.3 Å². The predicted molar refractivity (Wildman–Crippen MR) is 79.4 cm³/mol. The highest BCUT2D eigenvalue weighted by Crippen LogP contribution is 2.25. The van der Waals surface area contributed by atoms with Crippen molar-refractivity contribution in [2.45, 2.75) is 25.8 Å². The van der Waals surface area contributed by atoms with Gasteiger partial charge in [-0.3, -0.25) is 4.79 Å². The van der Waals surface area contributed by atoms with Crippen molar-refractivity contribution < 1.29 is 9.90 Å². The van der Waals surface area contributed by atoms with Crippen molar-refractivity contribution in [2.24, 2.45) is 0 Å². The van der Waals surface area contributed by atoms with Gasteiger partial charge in [-0.15, -0.1) is 0 Å². The maximum Gasteiger partial charge on any atom is 0.244 e. The molecule has 0 aliphatic rings. The molecule has 1 aromatic rings. The van der Waals surface area contributed by atoms with Crippen molar-refractivity contribution in [3.8, 4) is 0 Å². The lowest BCUT2D eigenvalue weighted by atomic mass is 10.2. The minimum absolute atomic E-state index is 0.0195. The summed E-state index contributed by atoms with van der Waals surface area (Å²) in [5.41, 5.74) is 0.629. The number of carbonyl (C=O) groups excluding carboxylic acids is 1. The van der Waals surface area contributed by atoms with E-state index in [2.05, 4.69) is 5.32 Å². The Balaban J connectivity index is 2.59. The number of hydrogen-bond acceptors (Lipinski definition) is 2. The highest BCUT2D eigenvalue weighted by Gasteiger charge is 2.05. The maximum atomic E-state index is 11.7. The van der Waals surface area contributed by atoms with E-state index in [1.54, 1.807) is 24.3 Å². The fourth-order valence-corrected chi connectivity index (χ4v) is 2.11. The quantitative estimate of drug-likeness (QED) is 0.792. The second-order valence-corrected chi connectivity index (χ2v) is 5.06. The molecule has 1 rings (SSSR count). The standard InChI is InChI=1S/C14H17Cl2NO2/c1-10(4-3-9-18)17-14(19)8-7-11-12(15)5-2-6-13(11)16/h2,5-8,10,18H,3-4,9H2,1H3,(H,17,19)/b8-7+. The molecule has 0 aromatic heterocycles. The van der Waals surface area contributed by atoms with Gasteiger partial charge in [0, 0.05) is 34.3 Å². The summed E-state index contributed by atoms with van der Waals surface area (Å²) in [6.45, 7) is 2.02. The molecule has 0 heterocycles. The molecule has 3 nitrogen and oxygen atoms in total. The monoisotopic (exact) mass is 301 g/mol. The van der Waals surface area contributed by atoms with Crippen LogP contribution in [-0.2, 0) is 4.79 Å². The average Bonchev–Trinajstić information content (AvgIpc) is 2.35. The summed E-state index contributed by atoms with van der Waals surface area (Å²) in [5, 5.41) is 12.5. The molecule has 1 unspecified atom stereocenters. The van der Waals surface area contributed by atoms with Crippen LogP contribution in [0.2, 0.25) is 10.0 Å². The molecule has 1 amide bonds. The lowest BCUT2D eigenvalue weighted by molar-refractivity contribution is -0.117. The van der Waals surface area contributed by atoms with Crippen molar-refractivity contribution in [3.63, 3.8) is 0 Å². The third-order valence-electron chi connectivity index (χ3n) is 2.58. The van der Waals surface area contributed by atoms with Gasteiger partial charge in [0.05, 0.1) is 0 Å². The van der Waals surface area contributed by atoms with Crippen molar-refractivity contribution in [1.29, 1.82) is 0 Å². The van der Waals surface area contributed by atoms with Crippen molar-refractivity contribution in [2.75, 3.05) is 6.61 Å². The summed E-state index contributed by atoms with van der Waals surface area (Å²) in [5.74, 6) is -0.207. The summed E-state index contributed by atoms with van der Waals surface area (Å²) < 4.78 is 0. The van der Waals surface area contributed by atoms with E-state index in [1.165, 1.54) is 6.08 Å². The number of amides is 1. The van der Waals surface area contributed by atoms with E-state index in [4.69, 9.17) is 28.3 Å². The van der Waals surface area contributed by atoms with Crippen LogP contribution in [-0.4, -0.2) is 23.7 Å². The smallest absolute Gasteiger partial charge is 0.244 e. The maximum absolute atomic E-state index is 11.7. The van der Waals surface area contributed by atoms with Crippen LogP contribution in [0.4, 0.5) is 0 Å². The molecule has 0 aliphatic heterocycles. The zero-order chi connectivity index (χ0) is 14.3. The molecule has 0 bridgehead atoms. The minimum atomic E-state index is -0.207.